The van der Waals surface area contributed by atoms with Gasteiger partial charge in [-0.15, -0.1) is 0 Å². The minimum absolute atomic E-state index is 0.311. The molecule has 6 aromatic carbocycles. The fourth-order valence-electron chi connectivity index (χ4n) is 7.77. The van der Waals surface area contributed by atoms with Crippen LogP contribution in [0.3, 0.4) is 0 Å². The van der Waals surface area contributed by atoms with Gasteiger partial charge >= 0.3 is 6.99 Å². The molecule has 1 aliphatic rings. The molecular weight excluding hydrogens is 706 g/mol. The Morgan fingerprint density at radius 3 is 1.15 bits per heavy atom. The molecule has 0 aromatic heterocycles. The molecule has 0 N–H and O–H groups in total. The summed E-state index contributed by atoms with van der Waals surface area (Å²) in [4.78, 5) is 0. The maximum Gasteiger partial charge on any atom is 0.414 e. The molecule has 0 saturated heterocycles. The molecule has 6 aromatic rings. The summed E-state index contributed by atoms with van der Waals surface area (Å²) in [6.45, 7) is 11.1. The molecule has 0 radical (unpaired) electrons. The summed E-state index contributed by atoms with van der Waals surface area (Å²) in [5.74, 6) is 0. The minimum Gasteiger partial charge on any atom is -0.322 e. The van der Waals surface area contributed by atoms with E-state index in [1.807, 2.05) is 27.7 Å². The number of hydrogen-bond donors (Lipinski definition) is 0. The number of aryl methyl sites for hydroxylation is 6. The molecule has 0 heterocycles. The Kier molecular flexibility index (Phi) is 9.47. The van der Waals surface area contributed by atoms with Gasteiger partial charge in [0.15, 0.2) is 0 Å². The van der Waals surface area contributed by atoms with Crippen LogP contribution in [0.1, 0.15) is 55.6 Å². The molecule has 4 heteroatoms. The lowest BCUT2D eigenvalue weighted by atomic mass is 9.53. The lowest BCUT2D eigenvalue weighted by Gasteiger charge is -2.33. The molecule has 0 atom stereocenters. The number of benzene rings is 6. The number of fused-ring (bicyclic) bond motifs is 3. The van der Waals surface area contributed by atoms with Crippen molar-refractivity contribution >= 4 is 49.8 Å². The topological polar surface area (TPSA) is 0 Å². The predicted molar refractivity (Wildman–Crippen MR) is 207 cm³/mol. The van der Waals surface area contributed by atoms with E-state index in [1.165, 1.54) is 44.5 Å². The number of rotatable bonds is 4. The van der Waals surface area contributed by atoms with Crippen molar-refractivity contribution in [1.29, 1.82) is 0 Å². The Morgan fingerprint density at radius 2 is 0.809 bits per heavy atom. The van der Waals surface area contributed by atoms with Crippen molar-refractivity contribution in [3.8, 4) is 11.1 Å². The summed E-state index contributed by atoms with van der Waals surface area (Å²) in [6.07, 6.45) is 0. The molecule has 0 unspecified atom stereocenters. The minimum atomic E-state index is -1.05. The summed E-state index contributed by atoms with van der Waals surface area (Å²) < 4.78 is 17.4. The summed E-state index contributed by atoms with van der Waals surface area (Å²) >= 11 is 7.35. The number of hydrogen-bond acceptors (Lipinski definition) is 0. The fraction of sp³-hybridized carbons (Fsp3) is 0.163. The normalized spacial score (nSPS) is 12.5. The van der Waals surface area contributed by atoms with Gasteiger partial charge in [-0.2, -0.15) is 0 Å². The van der Waals surface area contributed by atoms with Gasteiger partial charge in [-0.1, -0.05) is 162 Å². The number of halogens is 3. The first-order valence-corrected chi connectivity index (χ1v) is 17.6. The first-order valence-electron chi connectivity index (χ1n) is 16.0. The van der Waals surface area contributed by atoms with Crippen LogP contribution in [0.5, 0.6) is 0 Å². The highest BCUT2D eigenvalue weighted by Gasteiger charge is 2.46. The molecule has 0 nitrogen and oxygen atoms in total. The van der Waals surface area contributed by atoms with Crippen molar-refractivity contribution in [3.63, 3.8) is 0 Å². The summed E-state index contributed by atoms with van der Waals surface area (Å²) in [7, 11) is 0. The van der Waals surface area contributed by atoms with Crippen molar-refractivity contribution in [1.82, 2.24) is 0 Å². The third-order valence-corrected chi connectivity index (χ3v) is 10.4. The Balaban J connectivity index is 0.000000173. The summed E-state index contributed by atoms with van der Waals surface area (Å²) in [5.41, 5.74) is 15.7. The second-order valence-electron chi connectivity index (χ2n) is 12.8. The van der Waals surface area contributed by atoms with Crippen LogP contribution in [-0.4, -0.2) is 6.99 Å². The average Bonchev–Trinajstić information content (AvgIpc) is 3.30. The highest BCUT2D eigenvalue weighted by atomic mass is 79.9. The van der Waals surface area contributed by atoms with E-state index < -0.39 is 6.99 Å². The zero-order valence-electron chi connectivity index (χ0n) is 27.8. The molecule has 1 aliphatic carbocycles. The van der Waals surface area contributed by atoms with Gasteiger partial charge in [0.1, 0.15) is 0 Å². The summed E-state index contributed by atoms with van der Waals surface area (Å²) in [5, 5.41) is 0. The van der Waals surface area contributed by atoms with Gasteiger partial charge in [0, 0.05) is 8.95 Å². The van der Waals surface area contributed by atoms with Gasteiger partial charge in [-0.05, 0) is 110 Å². The highest BCUT2D eigenvalue weighted by molar-refractivity contribution is 9.10. The summed E-state index contributed by atoms with van der Waals surface area (Å²) in [6, 6.07) is 43.3. The van der Waals surface area contributed by atoms with E-state index in [1.54, 1.807) is 0 Å². The van der Waals surface area contributed by atoms with Gasteiger partial charge in [0.25, 0.3) is 0 Å². The molecule has 7 rings (SSSR count). The Hall–Kier alpha value is -3.73. The maximum atomic E-state index is 15.2. The Labute approximate surface area is 296 Å². The quantitative estimate of drug-likeness (QED) is 0.158. The second kappa shape index (κ2) is 13.4. The Bertz CT molecular complexity index is 1890. The van der Waals surface area contributed by atoms with Crippen LogP contribution in [0.15, 0.2) is 130 Å². The first kappa shape index (κ1) is 33.2. The van der Waals surface area contributed by atoms with Crippen LogP contribution in [0, 0.1) is 41.5 Å². The van der Waals surface area contributed by atoms with Crippen LogP contribution in [0.4, 0.5) is 4.32 Å². The van der Waals surface area contributed by atoms with E-state index in [9.17, 15) is 0 Å². The third kappa shape index (κ3) is 6.07. The van der Waals surface area contributed by atoms with E-state index in [2.05, 4.69) is 167 Å². The molecule has 0 spiro atoms. The molecular formula is C43H38BBr2F. The van der Waals surface area contributed by atoms with Crippen molar-refractivity contribution in [3.05, 3.63) is 186 Å². The smallest absolute Gasteiger partial charge is 0.322 e. The SMILES string of the molecule is Brc1ccc2c(c1)-c1cc(Br)ccc1C2(c1ccccc1)c1ccccc1.Cc1cc(C)c(B(F)c2c(C)cc(C)cc2C)c(C)c1. The molecule has 47 heavy (non-hydrogen) atoms. The molecule has 0 saturated carbocycles. The van der Waals surface area contributed by atoms with E-state index in [4.69, 9.17) is 0 Å². The monoisotopic (exact) mass is 742 g/mol. The van der Waals surface area contributed by atoms with Crippen molar-refractivity contribution in [2.24, 2.45) is 0 Å². The van der Waals surface area contributed by atoms with Crippen molar-refractivity contribution in [2.45, 2.75) is 47.0 Å². The molecule has 234 valence electrons. The van der Waals surface area contributed by atoms with E-state index in [0.29, 0.717) is 0 Å². The van der Waals surface area contributed by atoms with Gasteiger partial charge < -0.3 is 4.32 Å². The van der Waals surface area contributed by atoms with Crippen LogP contribution in [0.2, 0.25) is 0 Å². The molecule has 0 fully saturated rings. The second-order valence-corrected chi connectivity index (χ2v) is 14.7. The van der Waals surface area contributed by atoms with E-state index in [0.717, 1.165) is 42.1 Å². The predicted octanol–water partition coefficient (Wildman–Crippen LogP) is 11.2. The van der Waals surface area contributed by atoms with Gasteiger partial charge in [0.05, 0.1) is 5.41 Å². The van der Waals surface area contributed by atoms with Crippen molar-refractivity contribution in [2.75, 3.05) is 0 Å². The van der Waals surface area contributed by atoms with Gasteiger partial charge in [-0.25, -0.2) is 0 Å². The Morgan fingerprint density at radius 1 is 0.468 bits per heavy atom. The van der Waals surface area contributed by atoms with Crippen LogP contribution in [-0.2, 0) is 5.41 Å². The molecule has 0 aliphatic heterocycles. The maximum absolute atomic E-state index is 15.2. The van der Waals surface area contributed by atoms with Crippen LogP contribution in [0.25, 0.3) is 11.1 Å². The lowest BCUT2D eigenvalue weighted by molar-refractivity contribution is 0.768. The van der Waals surface area contributed by atoms with Gasteiger partial charge in [-0.3, -0.25) is 0 Å². The third-order valence-electron chi connectivity index (χ3n) is 9.46. The van der Waals surface area contributed by atoms with Crippen LogP contribution < -0.4 is 10.9 Å². The van der Waals surface area contributed by atoms with E-state index in [-0.39, 0.29) is 5.41 Å². The fourth-order valence-corrected chi connectivity index (χ4v) is 8.49. The molecule has 0 bridgehead atoms. The average molecular weight is 744 g/mol. The van der Waals surface area contributed by atoms with Crippen LogP contribution >= 0.6 is 31.9 Å². The first-order chi connectivity index (χ1) is 22.5. The standard InChI is InChI=1S/C25H16Br2.C18H22BF/c26-19-11-13-23-21(15-19)22-16-20(27)12-14-24(22)25(23,17-7-3-1-4-8-17)18-9-5-2-6-10-18;1-11-7-13(3)17(14(4)8-11)19(20)18-15(5)9-12(2)10-16(18)6/h1-16H;7-10H,1-6H3. The van der Waals surface area contributed by atoms with Crippen molar-refractivity contribution < 1.29 is 4.32 Å². The lowest BCUT2D eigenvalue weighted by Crippen LogP contribution is -2.44. The largest absolute Gasteiger partial charge is 0.414 e. The molecule has 0 amide bonds. The van der Waals surface area contributed by atoms with E-state index >= 15 is 4.32 Å². The zero-order chi connectivity index (χ0) is 33.5. The zero-order valence-corrected chi connectivity index (χ0v) is 30.9. The van der Waals surface area contributed by atoms with Gasteiger partial charge in [0.2, 0.25) is 0 Å². The highest BCUT2D eigenvalue weighted by Crippen LogP contribution is 2.56.